The van der Waals surface area contributed by atoms with E-state index in [0.717, 1.165) is 50.7 Å². The fourth-order valence-electron chi connectivity index (χ4n) is 3.77. The van der Waals surface area contributed by atoms with Crippen LogP contribution in [0.1, 0.15) is 0 Å². The van der Waals surface area contributed by atoms with Crippen molar-refractivity contribution in [3.05, 3.63) is 60.7 Å². The zero-order chi connectivity index (χ0) is 19.3. The minimum absolute atomic E-state index is 0.822. The van der Waals surface area contributed by atoms with Crippen molar-refractivity contribution >= 4 is 5.69 Å². The standard InChI is InChI=1S/C23H28N4O/c1-25(2)23-21(19-9-5-3-6-10-19)24-27(14-13-26-15-17-28-18-16-26)22(23)20-11-7-4-8-12-20/h3-12H,13-18H2,1-2H3. The second-order valence-electron chi connectivity index (χ2n) is 7.35. The quantitative estimate of drug-likeness (QED) is 0.658. The fraction of sp³-hybridized carbons (Fsp3) is 0.348. The summed E-state index contributed by atoms with van der Waals surface area (Å²) in [6.07, 6.45) is 0. The minimum Gasteiger partial charge on any atom is -0.379 e. The van der Waals surface area contributed by atoms with Crippen LogP contribution in [-0.4, -0.2) is 61.6 Å². The van der Waals surface area contributed by atoms with Crippen LogP contribution in [-0.2, 0) is 11.3 Å². The van der Waals surface area contributed by atoms with E-state index in [4.69, 9.17) is 9.84 Å². The van der Waals surface area contributed by atoms with Crippen LogP contribution in [0, 0.1) is 0 Å². The number of benzene rings is 2. The smallest absolute Gasteiger partial charge is 0.116 e. The lowest BCUT2D eigenvalue weighted by Crippen LogP contribution is -2.38. The second kappa shape index (κ2) is 8.59. The molecule has 5 heteroatoms. The van der Waals surface area contributed by atoms with Gasteiger partial charge in [0, 0.05) is 44.9 Å². The lowest BCUT2D eigenvalue weighted by Gasteiger charge is -2.26. The molecule has 146 valence electrons. The number of hydrogen-bond donors (Lipinski definition) is 0. The van der Waals surface area contributed by atoms with Crippen LogP contribution in [0.2, 0.25) is 0 Å². The predicted octanol–water partition coefficient (Wildman–Crippen LogP) is 3.62. The SMILES string of the molecule is CN(C)c1c(-c2ccccc2)nn(CCN2CCOCC2)c1-c1ccccc1. The van der Waals surface area contributed by atoms with Gasteiger partial charge in [-0.15, -0.1) is 0 Å². The summed E-state index contributed by atoms with van der Waals surface area (Å²) in [4.78, 5) is 4.64. The summed E-state index contributed by atoms with van der Waals surface area (Å²) in [5.74, 6) is 0. The molecule has 1 fully saturated rings. The summed E-state index contributed by atoms with van der Waals surface area (Å²) in [6, 6.07) is 21.1. The van der Waals surface area contributed by atoms with Gasteiger partial charge in [-0.05, 0) is 0 Å². The topological polar surface area (TPSA) is 33.5 Å². The van der Waals surface area contributed by atoms with Gasteiger partial charge < -0.3 is 9.64 Å². The number of morpholine rings is 1. The molecule has 3 aromatic rings. The molecular formula is C23H28N4O. The van der Waals surface area contributed by atoms with Gasteiger partial charge in [-0.3, -0.25) is 9.58 Å². The Kier molecular flexibility index (Phi) is 5.74. The van der Waals surface area contributed by atoms with Gasteiger partial charge in [-0.25, -0.2) is 0 Å². The maximum Gasteiger partial charge on any atom is 0.116 e. The Morgan fingerprint density at radius 2 is 1.46 bits per heavy atom. The van der Waals surface area contributed by atoms with Crippen LogP contribution in [0.3, 0.4) is 0 Å². The summed E-state index contributed by atoms with van der Waals surface area (Å²) in [5.41, 5.74) is 5.72. The van der Waals surface area contributed by atoms with Crippen LogP contribution < -0.4 is 4.90 Å². The third-order valence-corrected chi connectivity index (χ3v) is 5.20. The van der Waals surface area contributed by atoms with Gasteiger partial charge in [0.15, 0.2) is 0 Å². The Balaban J connectivity index is 1.77. The largest absolute Gasteiger partial charge is 0.379 e. The van der Waals surface area contributed by atoms with Gasteiger partial charge in [0.05, 0.1) is 31.1 Å². The Hall–Kier alpha value is -2.63. The first-order valence-electron chi connectivity index (χ1n) is 9.93. The molecule has 28 heavy (non-hydrogen) atoms. The molecule has 4 rings (SSSR count). The van der Waals surface area contributed by atoms with Crippen molar-refractivity contribution in [2.24, 2.45) is 0 Å². The average Bonchev–Trinajstić information content (AvgIpc) is 3.14. The van der Waals surface area contributed by atoms with Gasteiger partial charge in [0.2, 0.25) is 0 Å². The molecule has 2 aromatic carbocycles. The summed E-state index contributed by atoms with van der Waals surface area (Å²) in [6.45, 7) is 5.47. The van der Waals surface area contributed by atoms with E-state index in [9.17, 15) is 0 Å². The highest BCUT2D eigenvalue weighted by molar-refractivity contribution is 5.87. The van der Waals surface area contributed by atoms with Gasteiger partial charge >= 0.3 is 0 Å². The van der Waals surface area contributed by atoms with Crippen molar-refractivity contribution in [2.45, 2.75) is 6.54 Å². The molecule has 1 saturated heterocycles. The third kappa shape index (κ3) is 3.96. The van der Waals surface area contributed by atoms with Crippen LogP contribution in [0.5, 0.6) is 0 Å². The maximum atomic E-state index is 5.49. The van der Waals surface area contributed by atoms with Crippen molar-refractivity contribution in [1.29, 1.82) is 0 Å². The Morgan fingerprint density at radius 3 is 2.07 bits per heavy atom. The Bertz CT molecular complexity index is 884. The molecule has 0 atom stereocenters. The normalized spacial score (nSPS) is 14.9. The Morgan fingerprint density at radius 1 is 0.857 bits per heavy atom. The second-order valence-corrected chi connectivity index (χ2v) is 7.35. The number of ether oxygens (including phenoxy) is 1. The monoisotopic (exact) mass is 376 g/mol. The molecule has 0 amide bonds. The highest BCUT2D eigenvalue weighted by Crippen LogP contribution is 2.38. The van der Waals surface area contributed by atoms with Crippen LogP contribution in [0.25, 0.3) is 22.5 Å². The predicted molar refractivity (Wildman–Crippen MR) is 115 cm³/mol. The van der Waals surface area contributed by atoms with Crippen molar-refractivity contribution in [2.75, 3.05) is 51.8 Å². The van der Waals surface area contributed by atoms with E-state index in [0.29, 0.717) is 0 Å². The van der Waals surface area contributed by atoms with Crippen LogP contribution >= 0.6 is 0 Å². The van der Waals surface area contributed by atoms with E-state index in [1.165, 1.54) is 16.9 Å². The van der Waals surface area contributed by atoms with E-state index in [1.54, 1.807) is 0 Å². The summed E-state index contributed by atoms with van der Waals surface area (Å²) in [7, 11) is 4.20. The molecule has 0 N–H and O–H groups in total. The third-order valence-electron chi connectivity index (χ3n) is 5.20. The van der Waals surface area contributed by atoms with E-state index in [2.05, 4.69) is 83.2 Å². The van der Waals surface area contributed by atoms with E-state index in [1.807, 2.05) is 6.07 Å². The number of nitrogens with zero attached hydrogens (tertiary/aromatic N) is 4. The molecular weight excluding hydrogens is 348 g/mol. The molecule has 1 aliphatic rings. The van der Waals surface area contributed by atoms with Crippen molar-refractivity contribution in [3.8, 4) is 22.5 Å². The first kappa shape index (κ1) is 18.7. The number of rotatable bonds is 6. The first-order chi connectivity index (χ1) is 13.7. The fourth-order valence-corrected chi connectivity index (χ4v) is 3.77. The molecule has 0 radical (unpaired) electrons. The summed E-state index contributed by atoms with van der Waals surface area (Å²) < 4.78 is 7.67. The maximum absolute atomic E-state index is 5.49. The van der Waals surface area contributed by atoms with Crippen molar-refractivity contribution in [1.82, 2.24) is 14.7 Å². The van der Waals surface area contributed by atoms with E-state index >= 15 is 0 Å². The lowest BCUT2D eigenvalue weighted by atomic mass is 10.1. The molecule has 0 aliphatic carbocycles. The van der Waals surface area contributed by atoms with Gasteiger partial charge in [0.1, 0.15) is 5.69 Å². The number of hydrogen-bond acceptors (Lipinski definition) is 4. The van der Waals surface area contributed by atoms with Crippen molar-refractivity contribution < 1.29 is 4.74 Å². The Labute approximate surface area is 167 Å². The molecule has 1 aliphatic heterocycles. The number of anilines is 1. The summed E-state index contributed by atoms with van der Waals surface area (Å²) in [5, 5.41) is 5.08. The molecule has 0 saturated carbocycles. The molecule has 2 heterocycles. The van der Waals surface area contributed by atoms with Crippen LogP contribution in [0.4, 0.5) is 5.69 Å². The molecule has 0 spiro atoms. The van der Waals surface area contributed by atoms with Crippen LogP contribution in [0.15, 0.2) is 60.7 Å². The van der Waals surface area contributed by atoms with Gasteiger partial charge in [-0.1, -0.05) is 60.7 Å². The highest BCUT2D eigenvalue weighted by Gasteiger charge is 2.22. The van der Waals surface area contributed by atoms with E-state index in [-0.39, 0.29) is 0 Å². The summed E-state index contributed by atoms with van der Waals surface area (Å²) >= 11 is 0. The van der Waals surface area contributed by atoms with Gasteiger partial charge in [-0.2, -0.15) is 5.10 Å². The van der Waals surface area contributed by atoms with E-state index < -0.39 is 0 Å². The lowest BCUT2D eigenvalue weighted by molar-refractivity contribution is 0.0360. The molecule has 0 bridgehead atoms. The number of aromatic nitrogens is 2. The molecule has 0 unspecified atom stereocenters. The average molecular weight is 377 g/mol. The molecule has 1 aromatic heterocycles. The minimum atomic E-state index is 0.822. The van der Waals surface area contributed by atoms with Crippen molar-refractivity contribution in [3.63, 3.8) is 0 Å². The zero-order valence-corrected chi connectivity index (χ0v) is 16.7. The first-order valence-corrected chi connectivity index (χ1v) is 9.93. The molecule has 5 nitrogen and oxygen atoms in total. The van der Waals surface area contributed by atoms with Gasteiger partial charge in [0.25, 0.3) is 0 Å². The zero-order valence-electron chi connectivity index (χ0n) is 16.7. The highest BCUT2D eigenvalue weighted by atomic mass is 16.5.